The first-order valence-electron chi connectivity index (χ1n) is 5.73. The van der Waals surface area contributed by atoms with Gasteiger partial charge in [-0.2, -0.15) is 4.31 Å². The molecule has 0 aliphatic carbocycles. The van der Waals surface area contributed by atoms with Crippen LogP contribution in [0, 0.1) is 12.7 Å². The summed E-state index contributed by atoms with van der Waals surface area (Å²) in [5, 5.41) is 8.93. The van der Waals surface area contributed by atoms with Crippen molar-refractivity contribution in [1.82, 2.24) is 4.31 Å². The van der Waals surface area contributed by atoms with Crippen molar-refractivity contribution in [2.75, 3.05) is 6.54 Å². The lowest BCUT2D eigenvalue weighted by atomic mass is 10.2. The van der Waals surface area contributed by atoms with E-state index in [1.807, 2.05) is 0 Å². The molecule has 0 heterocycles. The minimum atomic E-state index is -4.18. The highest BCUT2D eigenvalue weighted by Crippen LogP contribution is 2.24. The number of aliphatic carboxylic acids is 1. The molecule has 0 spiro atoms. The Morgan fingerprint density at radius 3 is 2.47 bits per heavy atom. The molecule has 0 aliphatic rings. The third kappa shape index (κ3) is 2.93. The van der Waals surface area contributed by atoms with Gasteiger partial charge in [-0.3, -0.25) is 4.79 Å². The number of carboxylic acid groups (broad SMARTS) is 1. The Bertz CT molecular complexity index is 565. The number of nitrogens with zero attached hydrogens (tertiary/aromatic N) is 1. The average Bonchev–Trinajstić information content (AvgIpc) is 2.28. The van der Waals surface area contributed by atoms with Crippen LogP contribution in [0.1, 0.15) is 19.4 Å². The number of aryl methyl sites for hydroxylation is 1. The van der Waals surface area contributed by atoms with E-state index in [2.05, 4.69) is 0 Å². The molecule has 106 valence electrons. The standard InChI is InChI=1S/C12H16FNO4S/c1-4-14(9(3)12(15)16)19(17,18)11-8(2)6-5-7-10(11)13/h5-7,9H,4H2,1-3H3,(H,15,16). The Balaban J connectivity index is 3.41. The highest BCUT2D eigenvalue weighted by Gasteiger charge is 2.34. The summed E-state index contributed by atoms with van der Waals surface area (Å²) in [4.78, 5) is 10.5. The van der Waals surface area contributed by atoms with Gasteiger partial charge in [0.25, 0.3) is 0 Å². The summed E-state index contributed by atoms with van der Waals surface area (Å²) in [6.45, 7) is 4.17. The molecule has 7 heteroatoms. The minimum absolute atomic E-state index is 0.0520. The number of hydrogen-bond acceptors (Lipinski definition) is 3. The molecule has 0 saturated carbocycles. The van der Waals surface area contributed by atoms with E-state index >= 15 is 0 Å². The molecule has 0 aliphatic heterocycles. The van der Waals surface area contributed by atoms with Crippen LogP contribution in [0.15, 0.2) is 23.1 Å². The number of sulfonamides is 1. The van der Waals surface area contributed by atoms with E-state index in [0.29, 0.717) is 0 Å². The zero-order valence-electron chi connectivity index (χ0n) is 10.9. The largest absolute Gasteiger partial charge is 0.480 e. The van der Waals surface area contributed by atoms with E-state index in [9.17, 15) is 17.6 Å². The second-order valence-corrected chi connectivity index (χ2v) is 5.94. The summed E-state index contributed by atoms with van der Waals surface area (Å²) in [6.07, 6.45) is 0. The molecule has 0 bridgehead atoms. The lowest BCUT2D eigenvalue weighted by Gasteiger charge is -2.25. The van der Waals surface area contributed by atoms with E-state index in [1.54, 1.807) is 0 Å². The predicted octanol–water partition coefficient (Wildman–Crippen LogP) is 1.62. The molecular weight excluding hydrogens is 273 g/mol. The fourth-order valence-corrected chi connectivity index (χ4v) is 3.71. The van der Waals surface area contributed by atoms with Gasteiger partial charge >= 0.3 is 5.97 Å². The molecule has 1 aromatic carbocycles. The first kappa shape index (κ1) is 15.6. The van der Waals surface area contributed by atoms with E-state index in [-0.39, 0.29) is 12.1 Å². The van der Waals surface area contributed by atoms with Crippen LogP contribution in [-0.2, 0) is 14.8 Å². The molecule has 0 fully saturated rings. The number of likely N-dealkylation sites (N-methyl/N-ethyl adjacent to an activating group) is 1. The second kappa shape index (κ2) is 5.66. The van der Waals surface area contributed by atoms with E-state index in [1.165, 1.54) is 32.9 Å². The van der Waals surface area contributed by atoms with Crippen LogP contribution in [0.4, 0.5) is 4.39 Å². The fourth-order valence-electron chi connectivity index (χ4n) is 1.84. The second-order valence-electron chi connectivity index (χ2n) is 4.11. The molecule has 0 aromatic heterocycles. The lowest BCUT2D eigenvalue weighted by molar-refractivity contribution is -0.140. The Kier molecular flexibility index (Phi) is 4.65. The van der Waals surface area contributed by atoms with Crippen LogP contribution in [0.2, 0.25) is 0 Å². The highest BCUT2D eigenvalue weighted by molar-refractivity contribution is 7.89. The minimum Gasteiger partial charge on any atom is -0.480 e. The summed E-state index contributed by atoms with van der Waals surface area (Å²) in [5.74, 6) is -2.16. The number of halogens is 1. The number of carboxylic acids is 1. The van der Waals surface area contributed by atoms with Gasteiger partial charge in [0.15, 0.2) is 0 Å². The van der Waals surface area contributed by atoms with Crippen LogP contribution < -0.4 is 0 Å². The molecule has 19 heavy (non-hydrogen) atoms. The lowest BCUT2D eigenvalue weighted by Crippen LogP contribution is -2.43. The summed E-state index contributed by atoms with van der Waals surface area (Å²) in [5.41, 5.74) is 0.246. The summed E-state index contributed by atoms with van der Waals surface area (Å²) in [6, 6.07) is 2.66. The van der Waals surface area contributed by atoms with Gasteiger partial charge in [0, 0.05) is 6.54 Å². The third-order valence-electron chi connectivity index (χ3n) is 2.83. The molecule has 0 radical (unpaired) electrons. The Morgan fingerprint density at radius 2 is 2.05 bits per heavy atom. The summed E-state index contributed by atoms with van der Waals surface area (Å²) in [7, 11) is -4.18. The molecule has 0 saturated heterocycles. The average molecular weight is 289 g/mol. The summed E-state index contributed by atoms with van der Waals surface area (Å²) < 4.78 is 39.3. The van der Waals surface area contributed by atoms with Crippen LogP contribution in [0.5, 0.6) is 0 Å². The Labute approximate surface area is 111 Å². The smallest absolute Gasteiger partial charge is 0.321 e. The van der Waals surface area contributed by atoms with Crippen LogP contribution in [0.3, 0.4) is 0 Å². The van der Waals surface area contributed by atoms with E-state index < -0.39 is 32.7 Å². The predicted molar refractivity (Wildman–Crippen MR) is 67.8 cm³/mol. The monoisotopic (exact) mass is 289 g/mol. The molecule has 1 rings (SSSR count). The maximum atomic E-state index is 13.8. The number of hydrogen-bond donors (Lipinski definition) is 1. The zero-order valence-corrected chi connectivity index (χ0v) is 11.7. The first-order chi connectivity index (χ1) is 8.73. The van der Waals surface area contributed by atoms with E-state index in [0.717, 1.165) is 10.4 Å². The van der Waals surface area contributed by atoms with Gasteiger partial charge in [0.1, 0.15) is 16.8 Å². The van der Waals surface area contributed by atoms with Crippen molar-refractivity contribution in [3.8, 4) is 0 Å². The molecular formula is C12H16FNO4S. The van der Waals surface area contributed by atoms with Crippen LogP contribution in [0.25, 0.3) is 0 Å². The van der Waals surface area contributed by atoms with Crippen molar-refractivity contribution < 1.29 is 22.7 Å². The molecule has 1 unspecified atom stereocenters. The number of benzene rings is 1. The van der Waals surface area contributed by atoms with Crippen molar-refractivity contribution in [2.24, 2.45) is 0 Å². The molecule has 1 aromatic rings. The fraction of sp³-hybridized carbons (Fsp3) is 0.417. The van der Waals surface area contributed by atoms with Crippen molar-refractivity contribution in [2.45, 2.75) is 31.7 Å². The summed E-state index contributed by atoms with van der Waals surface area (Å²) >= 11 is 0. The van der Waals surface area contributed by atoms with Gasteiger partial charge in [-0.15, -0.1) is 0 Å². The maximum Gasteiger partial charge on any atom is 0.321 e. The third-order valence-corrected chi connectivity index (χ3v) is 5.06. The zero-order chi connectivity index (χ0) is 14.8. The van der Waals surface area contributed by atoms with Crippen molar-refractivity contribution in [1.29, 1.82) is 0 Å². The normalized spacial score (nSPS) is 13.5. The Morgan fingerprint density at radius 1 is 1.47 bits per heavy atom. The van der Waals surface area contributed by atoms with Gasteiger partial charge in [0.2, 0.25) is 10.0 Å². The first-order valence-corrected chi connectivity index (χ1v) is 7.17. The molecule has 1 atom stereocenters. The number of rotatable bonds is 5. The molecule has 1 N–H and O–H groups in total. The van der Waals surface area contributed by atoms with Crippen molar-refractivity contribution in [3.63, 3.8) is 0 Å². The van der Waals surface area contributed by atoms with Crippen LogP contribution in [-0.4, -0.2) is 36.4 Å². The molecule has 0 amide bonds. The number of carbonyl (C=O) groups is 1. The van der Waals surface area contributed by atoms with Gasteiger partial charge in [0.05, 0.1) is 0 Å². The van der Waals surface area contributed by atoms with Gasteiger partial charge < -0.3 is 5.11 Å². The van der Waals surface area contributed by atoms with Crippen molar-refractivity contribution in [3.05, 3.63) is 29.6 Å². The molecule has 5 nitrogen and oxygen atoms in total. The SMILES string of the molecule is CCN(C(C)C(=O)O)S(=O)(=O)c1c(C)cccc1F. The maximum absolute atomic E-state index is 13.8. The topological polar surface area (TPSA) is 74.7 Å². The van der Waals surface area contributed by atoms with Crippen molar-refractivity contribution >= 4 is 16.0 Å². The van der Waals surface area contributed by atoms with Gasteiger partial charge in [-0.1, -0.05) is 19.1 Å². The highest BCUT2D eigenvalue weighted by atomic mass is 32.2. The van der Waals surface area contributed by atoms with Gasteiger partial charge in [-0.05, 0) is 25.5 Å². The quantitative estimate of drug-likeness (QED) is 0.893. The Hall–Kier alpha value is -1.47. The van der Waals surface area contributed by atoms with E-state index in [4.69, 9.17) is 5.11 Å². The van der Waals surface area contributed by atoms with Gasteiger partial charge in [-0.25, -0.2) is 12.8 Å². The van der Waals surface area contributed by atoms with Crippen LogP contribution >= 0.6 is 0 Å².